The fourth-order valence-electron chi connectivity index (χ4n) is 4.00. The molecule has 2 heterocycles. The molecule has 0 radical (unpaired) electrons. The number of rotatable bonds is 5. The highest BCUT2D eigenvalue weighted by Crippen LogP contribution is 2.41. The molecule has 3 aromatic carbocycles. The molecule has 0 saturated carbocycles. The number of ether oxygens (including phenoxy) is 1. The number of alkyl halides is 3. The van der Waals surface area contributed by atoms with E-state index in [0.717, 1.165) is 11.8 Å². The second-order valence-corrected chi connectivity index (χ2v) is 9.28. The van der Waals surface area contributed by atoms with Gasteiger partial charge in [0, 0.05) is 22.4 Å². The monoisotopic (exact) mass is 608 g/mol. The van der Waals surface area contributed by atoms with Crippen molar-refractivity contribution in [1.29, 1.82) is 0 Å². The van der Waals surface area contributed by atoms with Gasteiger partial charge in [-0.2, -0.15) is 18.2 Å². The molecule has 0 fully saturated rings. The number of H-pyrrole nitrogens is 1. The molecule has 0 saturated heterocycles. The fraction of sp³-hybridized carbons (Fsp3) is 0.0968. The summed E-state index contributed by atoms with van der Waals surface area (Å²) in [5.74, 6) is 5.48. The number of aromatic nitrogens is 4. The Morgan fingerprint density at radius 2 is 1.62 bits per heavy atom. The van der Waals surface area contributed by atoms with Crippen LogP contribution in [0, 0.1) is 18.8 Å². The third-order valence-electron chi connectivity index (χ3n) is 5.90. The van der Waals surface area contributed by atoms with Crippen LogP contribution in [-0.2, 0) is 12.8 Å². The van der Waals surface area contributed by atoms with Crippen molar-refractivity contribution >= 4 is 24.0 Å². The molecule has 6 nitrogen and oxygen atoms in total. The summed E-state index contributed by atoms with van der Waals surface area (Å²) in [5, 5.41) is 0.527. The Balaban J connectivity index is 0.00000405. The van der Waals surface area contributed by atoms with Gasteiger partial charge in [-0.05, 0) is 67.6 Å². The quantitative estimate of drug-likeness (QED) is 0.212. The summed E-state index contributed by atoms with van der Waals surface area (Å²) in [6, 6.07) is 22.6. The van der Waals surface area contributed by atoms with Crippen LogP contribution in [0.5, 0.6) is 5.75 Å². The average molecular weight is 609 g/mol. The maximum Gasteiger partial charge on any atom is 0.417 e. The van der Waals surface area contributed by atoms with Gasteiger partial charge in [-0.25, -0.2) is 9.78 Å². The number of hydrogen-bond acceptors (Lipinski definition) is 5. The summed E-state index contributed by atoms with van der Waals surface area (Å²) in [5.41, 5.74) is 0.714. The van der Waals surface area contributed by atoms with Gasteiger partial charge in [0.15, 0.2) is 5.82 Å². The normalized spacial score (nSPS) is 10.8. The molecular weight excluding hydrogens is 588 g/mol. The van der Waals surface area contributed by atoms with Gasteiger partial charge in [-0.15, -0.1) is 12.4 Å². The van der Waals surface area contributed by atoms with E-state index in [1.54, 1.807) is 61.5 Å². The van der Waals surface area contributed by atoms with Gasteiger partial charge >= 0.3 is 11.9 Å². The Hall–Kier alpha value is -4.65. The van der Waals surface area contributed by atoms with E-state index in [1.165, 1.54) is 12.1 Å². The summed E-state index contributed by atoms with van der Waals surface area (Å²) < 4.78 is 48.1. The maximum absolute atomic E-state index is 14.1. The zero-order valence-electron chi connectivity index (χ0n) is 21.9. The van der Waals surface area contributed by atoms with Crippen molar-refractivity contribution in [3.05, 3.63) is 129 Å². The van der Waals surface area contributed by atoms with E-state index in [1.807, 2.05) is 12.1 Å². The Kier molecular flexibility index (Phi) is 9.31. The van der Waals surface area contributed by atoms with Crippen LogP contribution in [0.15, 0.2) is 89.7 Å². The molecule has 11 heteroatoms. The smallest absolute Gasteiger partial charge is 0.417 e. The van der Waals surface area contributed by atoms with Crippen molar-refractivity contribution in [2.24, 2.45) is 0 Å². The average Bonchev–Trinajstić information content (AvgIpc) is 2.95. The molecule has 0 atom stereocenters. The number of aryl methyl sites for hydroxylation is 1. The van der Waals surface area contributed by atoms with Crippen molar-refractivity contribution < 1.29 is 17.9 Å². The first-order chi connectivity index (χ1) is 19.7. The first-order valence-corrected chi connectivity index (χ1v) is 12.7. The van der Waals surface area contributed by atoms with Crippen molar-refractivity contribution in [3.8, 4) is 40.4 Å². The predicted octanol–water partition coefficient (Wildman–Crippen LogP) is 7.28. The highest BCUT2D eigenvalue weighted by molar-refractivity contribution is 6.31. The van der Waals surface area contributed by atoms with Crippen LogP contribution >= 0.6 is 24.0 Å². The number of hydrogen-bond donors (Lipinski definition) is 1. The highest BCUT2D eigenvalue weighted by Gasteiger charge is 2.36. The van der Waals surface area contributed by atoms with E-state index in [0.29, 0.717) is 27.4 Å². The van der Waals surface area contributed by atoms with Crippen LogP contribution in [-0.4, -0.2) is 19.9 Å². The molecule has 0 amide bonds. The lowest BCUT2D eigenvalue weighted by Crippen LogP contribution is -2.17. The van der Waals surface area contributed by atoms with E-state index in [9.17, 15) is 18.0 Å². The molecule has 0 bridgehead atoms. The minimum absolute atomic E-state index is 0. The zero-order chi connectivity index (χ0) is 29.0. The van der Waals surface area contributed by atoms with Crippen LogP contribution in [0.25, 0.3) is 22.8 Å². The van der Waals surface area contributed by atoms with Crippen LogP contribution in [0.4, 0.5) is 13.2 Å². The van der Waals surface area contributed by atoms with Gasteiger partial charge in [-0.1, -0.05) is 47.7 Å². The molecule has 0 aliphatic rings. The van der Waals surface area contributed by atoms with Crippen molar-refractivity contribution in [2.45, 2.75) is 19.7 Å². The van der Waals surface area contributed by atoms with Gasteiger partial charge in [-0.3, -0.25) is 9.97 Å². The maximum atomic E-state index is 14.1. The number of pyridine rings is 1. The van der Waals surface area contributed by atoms with E-state index >= 15 is 0 Å². The third-order valence-corrected chi connectivity index (χ3v) is 6.23. The first kappa shape index (κ1) is 30.3. The van der Waals surface area contributed by atoms with Crippen molar-refractivity contribution in [3.63, 3.8) is 0 Å². The molecule has 5 rings (SSSR count). The zero-order valence-corrected chi connectivity index (χ0v) is 23.4. The second kappa shape index (κ2) is 12.9. The molecule has 2 aromatic heterocycles. The Labute approximate surface area is 250 Å². The molecular formula is C31H21Cl2F3N4O2. The number of aromatic amines is 1. The lowest BCUT2D eigenvalue weighted by molar-refractivity contribution is -0.137. The number of halogens is 5. The van der Waals surface area contributed by atoms with Crippen molar-refractivity contribution in [1.82, 2.24) is 19.9 Å². The summed E-state index contributed by atoms with van der Waals surface area (Å²) in [6.45, 7) is 1.71. The topological polar surface area (TPSA) is 80.8 Å². The molecule has 1 N–H and O–H groups in total. The van der Waals surface area contributed by atoms with Gasteiger partial charge < -0.3 is 4.74 Å². The second-order valence-electron chi connectivity index (χ2n) is 8.87. The van der Waals surface area contributed by atoms with Gasteiger partial charge in [0.2, 0.25) is 0 Å². The first-order valence-electron chi connectivity index (χ1n) is 12.3. The fourth-order valence-corrected chi connectivity index (χ4v) is 4.18. The van der Waals surface area contributed by atoms with E-state index in [-0.39, 0.29) is 36.4 Å². The molecule has 212 valence electrons. The van der Waals surface area contributed by atoms with E-state index in [4.69, 9.17) is 16.3 Å². The van der Waals surface area contributed by atoms with Crippen LogP contribution < -0.4 is 10.4 Å². The SMILES string of the molecule is Cc1cccc(COc2cccc(C(F)(F)F)c2-c2nc(-c3ccc(C#Cc4ccccc4Cl)cc3)nc(=O)[nH]2)n1.Cl. The molecule has 0 aliphatic heterocycles. The minimum Gasteiger partial charge on any atom is -0.487 e. The largest absolute Gasteiger partial charge is 0.487 e. The molecule has 42 heavy (non-hydrogen) atoms. The van der Waals surface area contributed by atoms with Crippen LogP contribution in [0.1, 0.15) is 28.1 Å². The summed E-state index contributed by atoms with van der Waals surface area (Å²) in [4.78, 5) is 27.4. The van der Waals surface area contributed by atoms with Crippen molar-refractivity contribution in [2.75, 3.05) is 0 Å². The number of benzene rings is 3. The lowest BCUT2D eigenvalue weighted by Gasteiger charge is -2.17. The Morgan fingerprint density at radius 1 is 0.881 bits per heavy atom. The molecule has 0 spiro atoms. The van der Waals surface area contributed by atoms with Gasteiger partial charge in [0.05, 0.1) is 21.8 Å². The number of nitrogens with zero attached hydrogens (tertiary/aromatic N) is 3. The summed E-state index contributed by atoms with van der Waals surface area (Å²) >= 11 is 6.15. The molecule has 0 unspecified atom stereocenters. The standard InChI is InChI=1S/C31H20ClF3N4O2.ClH/c1-19-6-4-8-23(36-19)18-41-26-11-5-9-24(31(33,34)35)27(26)29-37-28(38-30(40)39-29)22-16-13-20(14-17-22)12-15-21-7-2-3-10-25(21)32;/h2-11,13-14,16-17H,18H2,1H3,(H,37,38,39,40);1H. The van der Waals surface area contributed by atoms with Crippen LogP contribution in [0.2, 0.25) is 5.02 Å². The predicted molar refractivity (Wildman–Crippen MR) is 157 cm³/mol. The van der Waals surface area contributed by atoms with Crippen LogP contribution in [0.3, 0.4) is 0 Å². The lowest BCUT2D eigenvalue weighted by atomic mass is 10.0. The molecule has 5 aromatic rings. The third kappa shape index (κ3) is 7.16. The van der Waals surface area contributed by atoms with E-state index < -0.39 is 23.0 Å². The number of nitrogens with one attached hydrogen (secondary N) is 1. The Bertz CT molecular complexity index is 1850. The Morgan fingerprint density at radius 3 is 2.33 bits per heavy atom. The summed E-state index contributed by atoms with van der Waals surface area (Å²) in [7, 11) is 0. The minimum atomic E-state index is -4.75. The summed E-state index contributed by atoms with van der Waals surface area (Å²) in [6.07, 6.45) is -4.75. The highest BCUT2D eigenvalue weighted by atomic mass is 35.5. The van der Waals surface area contributed by atoms with Gasteiger partial charge in [0.1, 0.15) is 18.2 Å². The van der Waals surface area contributed by atoms with E-state index in [2.05, 4.69) is 31.8 Å². The molecule has 0 aliphatic carbocycles. The van der Waals surface area contributed by atoms with Gasteiger partial charge in [0.25, 0.3) is 0 Å².